The Labute approximate surface area is 74.9 Å². The molecule has 1 aromatic heterocycles. The predicted octanol–water partition coefficient (Wildman–Crippen LogP) is 1.21. The Bertz CT molecular complexity index is 254. The number of hydrogen-bond donors (Lipinski definition) is 1. The van der Waals surface area contributed by atoms with E-state index in [4.69, 9.17) is 0 Å². The first kappa shape index (κ1) is 8.74. The first-order valence-corrected chi connectivity index (χ1v) is 4.28. The molecule has 0 aromatic carbocycles. The molecule has 1 N–H and O–H groups in total. The van der Waals surface area contributed by atoms with E-state index in [1.165, 1.54) is 0 Å². The lowest BCUT2D eigenvalue weighted by Crippen LogP contribution is -2.10. The molecular weight excluding hydrogens is 206 g/mol. The molecule has 0 unspecified atom stereocenters. The van der Waals surface area contributed by atoms with Crippen LogP contribution in [0.2, 0.25) is 0 Å². The molecule has 0 radical (unpaired) electrons. The summed E-state index contributed by atoms with van der Waals surface area (Å²) >= 11 is 3.38. The standard InChI is InChI=1S/C7H12BrN3/c1-5-7(8)10-6(4-9-2)11(5)3/h9H,4H2,1-3H3. The van der Waals surface area contributed by atoms with E-state index >= 15 is 0 Å². The fourth-order valence-corrected chi connectivity index (χ4v) is 1.39. The van der Waals surface area contributed by atoms with Gasteiger partial charge in [0.15, 0.2) is 0 Å². The maximum Gasteiger partial charge on any atom is 0.127 e. The number of aromatic nitrogens is 2. The van der Waals surface area contributed by atoms with Crippen LogP contribution in [0.25, 0.3) is 0 Å². The Morgan fingerprint density at radius 3 is 2.64 bits per heavy atom. The molecule has 4 heteroatoms. The van der Waals surface area contributed by atoms with E-state index < -0.39 is 0 Å². The van der Waals surface area contributed by atoms with E-state index in [2.05, 4.69) is 30.8 Å². The summed E-state index contributed by atoms with van der Waals surface area (Å²) in [5.74, 6) is 1.05. The van der Waals surface area contributed by atoms with Gasteiger partial charge in [0.1, 0.15) is 10.4 Å². The Morgan fingerprint density at radius 2 is 2.27 bits per heavy atom. The van der Waals surface area contributed by atoms with Crippen LogP contribution >= 0.6 is 15.9 Å². The zero-order valence-corrected chi connectivity index (χ0v) is 8.57. The average Bonchev–Trinajstić information content (AvgIpc) is 2.19. The molecule has 0 aliphatic heterocycles. The number of nitrogens with one attached hydrogen (secondary N) is 1. The fraction of sp³-hybridized carbons (Fsp3) is 0.571. The molecule has 1 heterocycles. The molecule has 0 amide bonds. The molecule has 0 spiro atoms. The number of hydrogen-bond acceptors (Lipinski definition) is 2. The number of halogens is 1. The minimum atomic E-state index is 0.808. The highest BCUT2D eigenvalue weighted by molar-refractivity contribution is 9.10. The zero-order chi connectivity index (χ0) is 8.43. The first-order chi connectivity index (χ1) is 5.16. The van der Waals surface area contributed by atoms with Gasteiger partial charge in [-0.25, -0.2) is 4.98 Å². The largest absolute Gasteiger partial charge is 0.333 e. The van der Waals surface area contributed by atoms with Crippen molar-refractivity contribution in [2.75, 3.05) is 7.05 Å². The number of rotatable bonds is 2. The molecule has 11 heavy (non-hydrogen) atoms. The topological polar surface area (TPSA) is 29.9 Å². The lowest BCUT2D eigenvalue weighted by molar-refractivity contribution is 0.701. The van der Waals surface area contributed by atoms with Crippen LogP contribution in [0.5, 0.6) is 0 Å². The minimum Gasteiger partial charge on any atom is -0.333 e. The van der Waals surface area contributed by atoms with E-state index in [-0.39, 0.29) is 0 Å². The summed E-state index contributed by atoms with van der Waals surface area (Å²) in [5, 5.41) is 3.06. The molecule has 0 saturated carbocycles. The Balaban J connectivity index is 2.98. The lowest BCUT2D eigenvalue weighted by Gasteiger charge is -2.00. The third-order valence-electron chi connectivity index (χ3n) is 1.75. The van der Waals surface area contributed by atoms with Gasteiger partial charge in [-0.2, -0.15) is 0 Å². The van der Waals surface area contributed by atoms with Crippen LogP contribution in [0.15, 0.2) is 4.60 Å². The molecule has 62 valence electrons. The summed E-state index contributed by atoms with van der Waals surface area (Å²) in [6.45, 7) is 2.85. The van der Waals surface area contributed by atoms with Crippen molar-refractivity contribution in [3.63, 3.8) is 0 Å². The average molecular weight is 218 g/mol. The van der Waals surface area contributed by atoms with Crippen molar-refractivity contribution in [3.05, 3.63) is 16.1 Å². The molecule has 0 atom stereocenters. The van der Waals surface area contributed by atoms with Crippen molar-refractivity contribution in [1.29, 1.82) is 0 Å². The van der Waals surface area contributed by atoms with E-state index in [0.717, 1.165) is 22.7 Å². The fourth-order valence-electron chi connectivity index (χ4n) is 0.917. The lowest BCUT2D eigenvalue weighted by atomic mass is 10.5. The van der Waals surface area contributed by atoms with Crippen molar-refractivity contribution in [2.24, 2.45) is 7.05 Å². The molecule has 3 nitrogen and oxygen atoms in total. The minimum absolute atomic E-state index is 0.808. The van der Waals surface area contributed by atoms with Crippen LogP contribution in [0.1, 0.15) is 11.5 Å². The Morgan fingerprint density at radius 1 is 1.64 bits per heavy atom. The van der Waals surface area contributed by atoms with Gasteiger partial charge in [-0.05, 0) is 29.9 Å². The number of imidazole rings is 1. The van der Waals surface area contributed by atoms with Crippen molar-refractivity contribution in [2.45, 2.75) is 13.5 Å². The van der Waals surface area contributed by atoms with Gasteiger partial charge in [-0.3, -0.25) is 0 Å². The second-order valence-corrected chi connectivity index (χ2v) is 3.24. The van der Waals surface area contributed by atoms with Crippen LogP contribution in [0, 0.1) is 6.92 Å². The molecule has 0 aliphatic rings. The Hall–Kier alpha value is -0.350. The van der Waals surface area contributed by atoms with Crippen molar-refractivity contribution < 1.29 is 0 Å². The monoisotopic (exact) mass is 217 g/mol. The molecule has 0 fully saturated rings. The van der Waals surface area contributed by atoms with Gasteiger partial charge in [0.05, 0.1) is 6.54 Å². The summed E-state index contributed by atoms with van der Waals surface area (Å²) in [5.41, 5.74) is 1.16. The molecule has 1 rings (SSSR count). The zero-order valence-electron chi connectivity index (χ0n) is 6.98. The van der Waals surface area contributed by atoms with Gasteiger partial charge >= 0.3 is 0 Å². The maximum atomic E-state index is 4.32. The third-order valence-corrected chi connectivity index (χ3v) is 2.50. The predicted molar refractivity (Wildman–Crippen MR) is 48.4 cm³/mol. The van der Waals surface area contributed by atoms with Crippen LogP contribution in [-0.4, -0.2) is 16.6 Å². The SMILES string of the molecule is CNCc1nc(Br)c(C)n1C. The number of nitrogens with zero attached hydrogens (tertiary/aromatic N) is 2. The smallest absolute Gasteiger partial charge is 0.127 e. The van der Waals surface area contributed by atoms with Gasteiger partial charge in [-0.15, -0.1) is 0 Å². The summed E-state index contributed by atoms with van der Waals surface area (Å²) in [7, 11) is 3.93. The van der Waals surface area contributed by atoms with E-state index in [9.17, 15) is 0 Å². The van der Waals surface area contributed by atoms with Gasteiger partial charge < -0.3 is 9.88 Å². The van der Waals surface area contributed by atoms with Gasteiger partial charge in [-0.1, -0.05) is 0 Å². The van der Waals surface area contributed by atoms with Gasteiger partial charge in [0, 0.05) is 12.7 Å². The quantitative estimate of drug-likeness (QED) is 0.808. The van der Waals surface area contributed by atoms with Crippen LogP contribution in [0.4, 0.5) is 0 Å². The van der Waals surface area contributed by atoms with Crippen molar-refractivity contribution >= 4 is 15.9 Å². The Kier molecular flexibility index (Phi) is 2.67. The molecule has 0 bridgehead atoms. The van der Waals surface area contributed by atoms with Gasteiger partial charge in [0.2, 0.25) is 0 Å². The maximum absolute atomic E-state index is 4.32. The summed E-state index contributed by atoms with van der Waals surface area (Å²) in [4.78, 5) is 4.32. The van der Waals surface area contributed by atoms with E-state index in [1.54, 1.807) is 0 Å². The van der Waals surface area contributed by atoms with Crippen LogP contribution in [0.3, 0.4) is 0 Å². The van der Waals surface area contributed by atoms with Crippen molar-refractivity contribution in [3.8, 4) is 0 Å². The second-order valence-electron chi connectivity index (χ2n) is 2.49. The van der Waals surface area contributed by atoms with Crippen LogP contribution < -0.4 is 5.32 Å². The van der Waals surface area contributed by atoms with Crippen LogP contribution in [-0.2, 0) is 13.6 Å². The summed E-state index contributed by atoms with van der Waals surface area (Å²) in [6, 6.07) is 0. The van der Waals surface area contributed by atoms with Gasteiger partial charge in [0.25, 0.3) is 0 Å². The molecule has 0 saturated heterocycles. The van der Waals surface area contributed by atoms with E-state index in [1.807, 2.05) is 21.0 Å². The van der Waals surface area contributed by atoms with E-state index in [0.29, 0.717) is 0 Å². The summed E-state index contributed by atoms with van der Waals surface area (Å²) < 4.78 is 3.01. The highest BCUT2D eigenvalue weighted by Gasteiger charge is 2.06. The normalized spacial score (nSPS) is 10.5. The summed E-state index contributed by atoms with van der Waals surface area (Å²) in [6.07, 6.45) is 0. The van der Waals surface area contributed by atoms with Crippen molar-refractivity contribution in [1.82, 2.24) is 14.9 Å². The molecule has 1 aromatic rings. The highest BCUT2D eigenvalue weighted by Crippen LogP contribution is 2.14. The highest BCUT2D eigenvalue weighted by atomic mass is 79.9. The third kappa shape index (κ3) is 1.62. The molecule has 0 aliphatic carbocycles. The molecular formula is C7H12BrN3. The second kappa shape index (κ2) is 3.36. The first-order valence-electron chi connectivity index (χ1n) is 3.49.